The van der Waals surface area contributed by atoms with Crippen LogP contribution in [-0.2, 0) is 0 Å². The maximum absolute atomic E-state index is 2.50. The van der Waals surface area contributed by atoms with Crippen LogP contribution in [0.15, 0.2) is 12.2 Å². The van der Waals surface area contributed by atoms with Crippen LogP contribution >= 0.6 is 0 Å². The van der Waals surface area contributed by atoms with Crippen LogP contribution in [0.2, 0.25) is 38.5 Å². The fraction of sp³-hybridized carbons (Fsp3) is 0.800. The van der Waals surface area contributed by atoms with Gasteiger partial charge in [-0.25, -0.2) is 0 Å². The van der Waals surface area contributed by atoms with Crippen molar-refractivity contribution in [2.75, 3.05) is 0 Å². The molecule has 0 atom stereocenters. The van der Waals surface area contributed by atoms with E-state index < -0.39 is 36.8 Å². The molecule has 12 heavy (non-hydrogen) atoms. The summed E-state index contributed by atoms with van der Waals surface area (Å²) in [6.07, 6.45) is 4.91. The molecule has 0 fully saturated rings. The van der Waals surface area contributed by atoms with E-state index in [1.54, 1.807) is 0 Å². The van der Waals surface area contributed by atoms with E-state index >= 15 is 0 Å². The van der Waals surface area contributed by atoms with Gasteiger partial charge in [0.1, 0.15) is 0 Å². The van der Waals surface area contributed by atoms with Crippen molar-refractivity contribution < 1.29 is 0 Å². The fourth-order valence-electron chi connectivity index (χ4n) is 0.874. The molecular formula is C10H24Sn2. The molecule has 0 aromatic heterocycles. The van der Waals surface area contributed by atoms with Gasteiger partial charge < -0.3 is 0 Å². The average molecular weight is 382 g/mol. The summed E-state index contributed by atoms with van der Waals surface area (Å²) in [6.45, 7) is 0. The summed E-state index contributed by atoms with van der Waals surface area (Å²) in [7, 11) is 0. The van der Waals surface area contributed by atoms with Gasteiger partial charge in [-0.1, -0.05) is 0 Å². The zero-order valence-corrected chi connectivity index (χ0v) is 15.3. The average Bonchev–Trinajstić information content (AvgIpc) is 1.76. The van der Waals surface area contributed by atoms with E-state index in [1.165, 1.54) is 8.87 Å². The molecule has 0 aromatic rings. The first kappa shape index (κ1) is 13.3. The molecule has 0 bridgehead atoms. The second kappa shape index (κ2) is 5.28. The Hall–Kier alpha value is 1.34. The van der Waals surface area contributed by atoms with Crippen LogP contribution in [-0.4, -0.2) is 36.8 Å². The number of hydrogen-bond donors (Lipinski definition) is 0. The van der Waals surface area contributed by atoms with Crippen LogP contribution in [0.4, 0.5) is 0 Å². The van der Waals surface area contributed by atoms with Gasteiger partial charge in [0.05, 0.1) is 0 Å². The van der Waals surface area contributed by atoms with Gasteiger partial charge in [0.2, 0.25) is 0 Å². The van der Waals surface area contributed by atoms with E-state index in [0.717, 1.165) is 0 Å². The van der Waals surface area contributed by atoms with Crippen molar-refractivity contribution in [2.45, 2.75) is 38.5 Å². The van der Waals surface area contributed by atoms with Gasteiger partial charge >= 0.3 is 87.4 Å². The Balaban J connectivity index is 3.66. The van der Waals surface area contributed by atoms with E-state index in [9.17, 15) is 0 Å². The van der Waals surface area contributed by atoms with Crippen molar-refractivity contribution in [1.29, 1.82) is 0 Å². The predicted octanol–water partition coefficient (Wildman–Crippen LogP) is 4.22. The molecule has 0 rings (SSSR count). The van der Waals surface area contributed by atoms with Crippen LogP contribution in [0.3, 0.4) is 0 Å². The molecule has 0 heterocycles. The number of allylic oxidation sites excluding steroid dienone is 2. The third-order valence-electron chi connectivity index (χ3n) is 1.63. The third kappa shape index (κ3) is 11.3. The molecule has 0 unspecified atom stereocenters. The molecule has 72 valence electrons. The molecule has 0 aromatic carbocycles. The minimum atomic E-state index is -1.47. The molecule has 0 aliphatic rings. The molecule has 0 aliphatic heterocycles. The van der Waals surface area contributed by atoms with Gasteiger partial charge in [0.15, 0.2) is 0 Å². The van der Waals surface area contributed by atoms with Gasteiger partial charge in [-0.3, -0.25) is 0 Å². The first-order valence-electron chi connectivity index (χ1n) is 4.86. The van der Waals surface area contributed by atoms with E-state index in [4.69, 9.17) is 0 Å². The van der Waals surface area contributed by atoms with E-state index in [0.29, 0.717) is 0 Å². The summed E-state index contributed by atoms with van der Waals surface area (Å²) in [5, 5.41) is 0. The summed E-state index contributed by atoms with van der Waals surface area (Å²) in [6, 6.07) is 0. The van der Waals surface area contributed by atoms with Gasteiger partial charge in [-0.05, 0) is 0 Å². The van der Waals surface area contributed by atoms with E-state index in [2.05, 4.69) is 41.8 Å². The second-order valence-electron chi connectivity index (χ2n) is 6.00. The first-order chi connectivity index (χ1) is 5.21. The van der Waals surface area contributed by atoms with Gasteiger partial charge in [0, 0.05) is 0 Å². The van der Waals surface area contributed by atoms with Crippen LogP contribution in [0.5, 0.6) is 0 Å². The summed E-state index contributed by atoms with van der Waals surface area (Å²) >= 11 is -2.94. The predicted molar refractivity (Wildman–Crippen MR) is 65.4 cm³/mol. The van der Waals surface area contributed by atoms with Gasteiger partial charge in [-0.2, -0.15) is 0 Å². The molecule has 0 saturated heterocycles. The summed E-state index contributed by atoms with van der Waals surface area (Å²) in [5.41, 5.74) is 0. The SMILES string of the molecule is [CH3][Sn]([CH3])([CH3])[CH2]C=C[CH2][Sn]([CH3])([CH3])[CH3]. The topological polar surface area (TPSA) is 0 Å². The molecular weight excluding hydrogens is 358 g/mol. The van der Waals surface area contributed by atoms with Crippen molar-refractivity contribution in [3.8, 4) is 0 Å². The number of rotatable bonds is 4. The fourth-order valence-corrected chi connectivity index (χ4v) is 5.86. The van der Waals surface area contributed by atoms with Crippen molar-refractivity contribution in [1.82, 2.24) is 0 Å². The zero-order valence-electron chi connectivity index (χ0n) is 9.57. The van der Waals surface area contributed by atoms with Crippen molar-refractivity contribution >= 4 is 36.8 Å². The Labute approximate surface area is 86.6 Å². The van der Waals surface area contributed by atoms with Crippen LogP contribution < -0.4 is 0 Å². The van der Waals surface area contributed by atoms with Crippen molar-refractivity contribution in [2.24, 2.45) is 0 Å². The molecule has 0 amide bonds. The third-order valence-corrected chi connectivity index (χ3v) is 9.96. The molecule has 0 aliphatic carbocycles. The second-order valence-corrected chi connectivity index (χ2v) is 37.6. The van der Waals surface area contributed by atoms with Crippen molar-refractivity contribution in [3.63, 3.8) is 0 Å². The molecule has 0 nitrogen and oxygen atoms in total. The standard InChI is InChI=1S/C4H6.6CH3.2Sn/c1-3-4-2;;;;;;;;/h3-4H,1-2H2;6*1H3;;. The summed E-state index contributed by atoms with van der Waals surface area (Å²) < 4.78 is 2.85. The van der Waals surface area contributed by atoms with Gasteiger partial charge in [-0.15, -0.1) is 0 Å². The summed E-state index contributed by atoms with van der Waals surface area (Å²) in [4.78, 5) is 15.0. The Morgan fingerprint density at radius 1 is 0.667 bits per heavy atom. The Kier molecular flexibility index (Phi) is 5.86. The van der Waals surface area contributed by atoms with Gasteiger partial charge in [0.25, 0.3) is 0 Å². The molecule has 0 saturated carbocycles. The van der Waals surface area contributed by atoms with E-state index in [1.807, 2.05) is 0 Å². The molecule has 0 spiro atoms. The molecule has 0 radical (unpaired) electrons. The van der Waals surface area contributed by atoms with Crippen LogP contribution in [0, 0.1) is 0 Å². The van der Waals surface area contributed by atoms with E-state index in [-0.39, 0.29) is 0 Å². The Bertz CT molecular complexity index is 128. The first-order valence-corrected chi connectivity index (χ1v) is 26.0. The van der Waals surface area contributed by atoms with Crippen molar-refractivity contribution in [3.05, 3.63) is 12.2 Å². The monoisotopic (exact) mass is 384 g/mol. The normalized spacial score (nSPS) is 14.2. The molecule has 2 heteroatoms. The number of hydrogen-bond acceptors (Lipinski definition) is 0. The molecule has 0 N–H and O–H groups in total. The van der Waals surface area contributed by atoms with Crippen LogP contribution in [0.25, 0.3) is 0 Å². The Morgan fingerprint density at radius 3 is 1.08 bits per heavy atom. The zero-order chi connectivity index (χ0) is 9.83. The minimum absolute atomic E-state index is 1.43. The quantitative estimate of drug-likeness (QED) is 0.505. The Morgan fingerprint density at radius 2 is 0.917 bits per heavy atom. The summed E-state index contributed by atoms with van der Waals surface area (Å²) in [5.74, 6) is 0. The maximum atomic E-state index is 2.50. The van der Waals surface area contributed by atoms with Crippen LogP contribution in [0.1, 0.15) is 0 Å².